The molecule has 0 saturated carbocycles. The first-order chi connectivity index (χ1) is 27.3. The average molecular weight is 810 g/mol. The van der Waals surface area contributed by atoms with Gasteiger partial charge in [0.25, 0.3) is 0 Å². The summed E-state index contributed by atoms with van der Waals surface area (Å²) in [6.45, 7) is 3.68. The lowest BCUT2D eigenvalue weighted by Crippen LogP contribution is -2.29. The number of rotatable bonds is 42. The summed E-state index contributed by atoms with van der Waals surface area (Å²) >= 11 is 0. The van der Waals surface area contributed by atoms with E-state index in [9.17, 15) is 19.0 Å². The van der Waals surface area contributed by atoms with Gasteiger partial charge in [-0.3, -0.25) is 18.6 Å². The van der Waals surface area contributed by atoms with Crippen LogP contribution in [0.3, 0.4) is 0 Å². The van der Waals surface area contributed by atoms with E-state index in [1.54, 1.807) is 0 Å². The molecule has 0 aliphatic heterocycles. The summed E-state index contributed by atoms with van der Waals surface area (Å²) in [5.41, 5.74) is 5.35. The second-order valence-corrected chi connectivity index (χ2v) is 16.4. The highest BCUT2D eigenvalue weighted by molar-refractivity contribution is 7.47. The average Bonchev–Trinajstić information content (AvgIpc) is 3.18. The van der Waals surface area contributed by atoms with Gasteiger partial charge >= 0.3 is 19.8 Å². The first-order valence-electron chi connectivity index (χ1n) is 22.6. The third-order valence-corrected chi connectivity index (χ3v) is 10.4. The molecule has 2 unspecified atom stereocenters. The van der Waals surface area contributed by atoms with E-state index in [0.29, 0.717) is 6.42 Å². The van der Waals surface area contributed by atoms with Crippen molar-refractivity contribution < 1.29 is 37.6 Å². The number of unbranched alkanes of at least 4 members (excludes halogenated alkanes) is 21. The van der Waals surface area contributed by atoms with Gasteiger partial charge in [0.1, 0.15) is 6.61 Å². The van der Waals surface area contributed by atoms with Crippen molar-refractivity contribution in [2.24, 2.45) is 5.73 Å². The van der Waals surface area contributed by atoms with E-state index >= 15 is 0 Å². The summed E-state index contributed by atoms with van der Waals surface area (Å²) in [5, 5.41) is 0. The monoisotopic (exact) mass is 810 g/mol. The second-order valence-electron chi connectivity index (χ2n) is 14.9. The largest absolute Gasteiger partial charge is 0.472 e. The fourth-order valence-corrected chi connectivity index (χ4v) is 6.81. The van der Waals surface area contributed by atoms with Crippen LogP contribution in [-0.4, -0.2) is 49.3 Å². The van der Waals surface area contributed by atoms with E-state index in [1.165, 1.54) is 77.0 Å². The Morgan fingerprint density at radius 1 is 0.536 bits per heavy atom. The van der Waals surface area contributed by atoms with Gasteiger partial charge in [-0.2, -0.15) is 0 Å². The number of ether oxygens (including phenoxy) is 2. The van der Waals surface area contributed by atoms with Gasteiger partial charge in [-0.05, 0) is 77.0 Å². The number of carbonyl (C=O) groups is 2. The van der Waals surface area contributed by atoms with E-state index < -0.39 is 32.5 Å². The zero-order valence-electron chi connectivity index (χ0n) is 35.9. The van der Waals surface area contributed by atoms with E-state index in [0.717, 1.165) is 89.9 Å². The summed E-state index contributed by atoms with van der Waals surface area (Å²) in [6, 6.07) is 0. The Kier molecular flexibility index (Phi) is 41.0. The van der Waals surface area contributed by atoms with Gasteiger partial charge in [0.2, 0.25) is 0 Å². The SMILES string of the molecule is CCCCC/C=C\C/C=C\C/C=C\CCCCCCCCC(=O)OC(COC(=O)CCCCCCC/C=C\CCCCCCCCC)COP(=O)(O)OCCN. The lowest BCUT2D eigenvalue weighted by molar-refractivity contribution is -0.161. The Morgan fingerprint density at radius 3 is 1.43 bits per heavy atom. The number of nitrogens with two attached hydrogens (primary N) is 1. The van der Waals surface area contributed by atoms with Crippen molar-refractivity contribution in [2.75, 3.05) is 26.4 Å². The molecule has 0 radical (unpaired) electrons. The summed E-state index contributed by atoms with van der Waals surface area (Å²) in [4.78, 5) is 34.9. The molecule has 2 atom stereocenters. The molecule has 0 aromatic carbocycles. The predicted molar refractivity (Wildman–Crippen MR) is 233 cm³/mol. The van der Waals surface area contributed by atoms with Crippen LogP contribution in [0.1, 0.15) is 200 Å². The minimum atomic E-state index is -4.38. The van der Waals surface area contributed by atoms with Crippen LogP contribution in [0.2, 0.25) is 0 Å². The lowest BCUT2D eigenvalue weighted by Gasteiger charge is -2.19. The van der Waals surface area contributed by atoms with Crippen molar-refractivity contribution >= 4 is 19.8 Å². The minimum absolute atomic E-state index is 0.0486. The van der Waals surface area contributed by atoms with Crippen LogP contribution in [0.4, 0.5) is 0 Å². The Morgan fingerprint density at radius 2 is 0.929 bits per heavy atom. The van der Waals surface area contributed by atoms with Crippen molar-refractivity contribution in [2.45, 2.75) is 206 Å². The van der Waals surface area contributed by atoms with Gasteiger partial charge in [0, 0.05) is 19.4 Å². The highest BCUT2D eigenvalue weighted by atomic mass is 31.2. The van der Waals surface area contributed by atoms with Crippen molar-refractivity contribution in [3.63, 3.8) is 0 Å². The maximum Gasteiger partial charge on any atom is 0.472 e. The fraction of sp³-hybridized carbons (Fsp3) is 0.783. The molecule has 326 valence electrons. The van der Waals surface area contributed by atoms with E-state index in [-0.39, 0.29) is 32.6 Å². The first kappa shape index (κ1) is 54.0. The number of carbonyl (C=O) groups excluding carboxylic acids is 2. The molecular weight excluding hydrogens is 725 g/mol. The molecule has 9 nitrogen and oxygen atoms in total. The molecule has 3 N–H and O–H groups in total. The van der Waals surface area contributed by atoms with Gasteiger partial charge in [0.05, 0.1) is 13.2 Å². The molecule has 0 bridgehead atoms. The summed E-state index contributed by atoms with van der Waals surface area (Å²) in [5.74, 6) is -0.852. The van der Waals surface area contributed by atoms with Gasteiger partial charge in [-0.1, -0.05) is 159 Å². The van der Waals surface area contributed by atoms with Crippen LogP contribution in [0.5, 0.6) is 0 Å². The third-order valence-electron chi connectivity index (χ3n) is 9.44. The molecule has 0 fully saturated rings. The molecule has 0 rings (SSSR count). The molecule has 0 aliphatic rings. The fourth-order valence-electron chi connectivity index (χ4n) is 6.05. The molecule has 0 heterocycles. The Labute approximate surface area is 343 Å². The van der Waals surface area contributed by atoms with Crippen LogP contribution in [0.15, 0.2) is 48.6 Å². The number of phosphoric acid groups is 1. The maximum atomic E-state index is 12.6. The molecular formula is C46H84NO8P. The normalized spacial score (nSPS) is 13.7. The van der Waals surface area contributed by atoms with Gasteiger partial charge in [-0.15, -0.1) is 0 Å². The number of phosphoric ester groups is 1. The number of allylic oxidation sites excluding steroid dienone is 8. The highest BCUT2D eigenvalue weighted by Gasteiger charge is 2.26. The van der Waals surface area contributed by atoms with Crippen molar-refractivity contribution in [3.05, 3.63) is 48.6 Å². The van der Waals surface area contributed by atoms with E-state index in [4.69, 9.17) is 24.3 Å². The summed E-state index contributed by atoms with van der Waals surface area (Å²) < 4.78 is 32.8. The molecule has 0 aromatic rings. The Bertz CT molecular complexity index is 1060. The quantitative estimate of drug-likeness (QED) is 0.0267. The van der Waals surface area contributed by atoms with Crippen LogP contribution < -0.4 is 5.73 Å². The zero-order valence-corrected chi connectivity index (χ0v) is 36.8. The molecule has 0 aliphatic carbocycles. The minimum Gasteiger partial charge on any atom is -0.462 e. The lowest BCUT2D eigenvalue weighted by atomic mass is 10.1. The molecule has 0 aromatic heterocycles. The maximum absolute atomic E-state index is 12.6. The molecule has 0 amide bonds. The van der Waals surface area contributed by atoms with Gasteiger partial charge in [0.15, 0.2) is 6.10 Å². The Hall–Kier alpha value is -2.03. The van der Waals surface area contributed by atoms with Crippen molar-refractivity contribution in [3.8, 4) is 0 Å². The third kappa shape index (κ3) is 41.6. The van der Waals surface area contributed by atoms with E-state index in [1.807, 2.05) is 0 Å². The molecule has 0 saturated heterocycles. The molecule has 56 heavy (non-hydrogen) atoms. The standard InChI is InChI=1S/C46H84NO8P/c1-3-5-7-9-11-13-15-17-19-21-22-23-25-27-29-31-33-35-37-39-46(49)55-44(43-54-56(50,51)53-41-40-47)42-52-45(48)38-36-34-32-30-28-26-24-20-18-16-14-12-10-8-6-4-2/h11,13,17,19-20,22-24,44H,3-10,12,14-16,18,21,25-43,47H2,1-2H3,(H,50,51)/b13-11-,19-17-,23-22-,24-20-. The van der Waals surface area contributed by atoms with Gasteiger partial charge < -0.3 is 20.1 Å². The van der Waals surface area contributed by atoms with E-state index in [2.05, 4.69) is 62.5 Å². The number of hydrogen-bond donors (Lipinski definition) is 2. The summed E-state index contributed by atoms with van der Waals surface area (Å²) in [6.07, 6.45) is 48.5. The van der Waals surface area contributed by atoms with Crippen LogP contribution in [0.25, 0.3) is 0 Å². The predicted octanol–water partition coefficient (Wildman–Crippen LogP) is 13.1. The topological polar surface area (TPSA) is 134 Å². The summed E-state index contributed by atoms with van der Waals surface area (Å²) in [7, 11) is -4.38. The highest BCUT2D eigenvalue weighted by Crippen LogP contribution is 2.43. The first-order valence-corrected chi connectivity index (χ1v) is 24.1. The molecule has 0 spiro atoms. The number of esters is 2. The smallest absolute Gasteiger partial charge is 0.462 e. The van der Waals surface area contributed by atoms with Crippen LogP contribution in [-0.2, 0) is 32.7 Å². The Balaban J connectivity index is 4.17. The van der Waals surface area contributed by atoms with Crippen molar-refractivity contribution in [1.29, 1.82) is 0 Å². The molecule has 10 heteroatoms. The second kappa shape index (κ2) is 42.6. The van der Waals surface area contributed by atoms with Gasteiger partial charge in [-0.25, -0.2) is 4.57 Å². The number of hydrogen-bond acceptors (Lipinski definition) is 8. The van der Waals surface area contributed by atoms with Crippen molar-refractivity contribution in [1.82, 2.24) is 0 Å². The van der Waals surface area contributed by atoms with Crippen LogP contribution in [0, 0.1) is 0 Å². The van der Waals surface area contributed by atoms with Crippen LogP contribution >= 0.6 is 7.82 Å². The zero-order chi connectivity index (χ0) is 41.1.